The van der Waals surface area contributed by atoms with E-state index in [1.807, 2.05) is 24.3 Å². The molecule has 3 heteroatoms. The largest absolute Gasteiger partial charge is 0.496 e. The first kappa shape index (κ1) is 14.1. The van der Waals surface area contributed by atoms with Crippen molar-refractivity contribution < 1.29 is 4.74 Å². The van der Waals surface area contributed by atoms with E-state index in [2.05, 4.69) is 40.2 Å². The Bertz CT molecular complexity index is 542. The second-order valence-electron chi connectivity index (χ2n) is 4.51. The molecule has 0 saturated heterocycles. The zero-order chi connectivity index (χ0) is 13.7. The third kappa shape index (κ3) is 3.58. The van der Waals surface area contributed by atoms with E-state index in [9.17, 15) is 0 Å². The molecule has 100 valence electrons. The van der Waals surface area contributed by atoms with Gasteiger partial charge in [0.2, 0.25) is 0 Å². The molecule has 1 unspecified atom stereocenters. The van der Waals surface area contributed by atoms with Crippen molar-refractivity contribution in [2.45, 2.75) is 12.3 Å². The third-order valence-electron chi connectivity index (χ3n) is 3.23. The van der Waals surface area contributed by atoms with Gasteiger partial charge in [0, 0.05) is 10.4 Å². The zero-order valence-corrected chi connectivity index (χ0v) is 12.6. The Balaban J connectivity index is 2.25. The number of halogens is 1. The van der Waals surface area contributed by atoms with E-state index < -0.39 is 0 Å². The number of ether oxygens (including phenoxy) is 1. The summed E-state index contributed by atoms with van der Waals surface area (Å²) in [4.78, 5) is 0. The third-order valence-corrected chi connectivity index (χ3v) is 3.73. The van der Waals surface area contributed by atoms with E-state index in [-0.39, 0.29) is 5.92 Å². The van der Waals surface area contributed by atoms with Crippen molar-refractivity contribution in [3.8, 4) is 5.75 Å². The van der Waals surface area contributed by atoms with Crippen molar-refractivity contribution in [3.05, 3.63) is 64.1 Å². The molecule has 2 aromatic carbocycles. The van der Waals surface area contributed by atoms with Crippen molar-refractivity contribution in [2.24, 2.45) is 5.73 Å². The minimum Gasteiger partial charge on any atom is -0.496 e. The number of rotatable bonds is 5. The second-order valence-corrected chi connectivity index (χ2v) is 5.42. The minimum absolute atomic E-state index is 0.269. The first-order valence-electron chi connectivity index (χ1n) is 6.32. The van der Waals surface area contributed by atoms with Crippen LogP contribution in [-0.4, -0.2) is 13.7 Å². The molecular formula is C16H18BrNO. The van der Waals surface area contributed by atoms with E-state index in [0.717, 1.165) is 16.6 Å². The first-order chi connectivity index (χ1) is 9.24. The minimum atomic E-state index is 0.269. The van der Waals surface area contributed by atoms with Gasteiger partial charge in [-0.15, -0.1) is 0 Å². The number of hydrogen-bond acceptors (Lipinski definition) is 2. The summed E-state index contributed by atoms with van der Waals surface area (Å²) in [7, 11) is 1.70. The van der Waals surface area contributed by atoms with Crippen molar-refractivity contribution in [1.29, 1.82) is 0 Å². The SMILES string of the molecule is COc1ccccc1C(CN)Cc1cccc(Br)c1. The molecule has 2 nitrogen and oxygen atoms in total. The van der Waals surface area contributed by atoms with Crippen LogP contribution in [0.5, 0.6) is 5.75 Å². The highest BCUT2D eigenvalue weighted by molar-refractivity contribution is 9.10. The summed E-state index contributed by atoms with van der Waals surface area (Å²) in [6.45, 7) is 0.604. The van der Waals surface area contributed by atoms with Crippen LogP contribution in [-0.2, 0) is 6.42 Å². The molecule has 2 aromatic rings. The van der Waals surface area contributed by atoms with E-state index in [0.29, 0.717) is 6.54 Å². The summed E-state index contributed by atoms with van der Waals surface area (Å²) in [5.41, 5.74) is 8.39. The summed E-state index contributed by atoms with van der Waals surface area (Å²) in [5, 5.41) is 0. The fourth-order valence-corrected chi connectivity index (χ4v) is 2.72. The van der Waals surface area contributed by atoms with Crippen molar-refractivity contribution in [2.75, 3.05) is 13.7 Å². The number of nitrogens with two attached hydrogens (primary N) is 1. The Hall–Kier alpha value is -1.32. The zero-order valence-electron chi connectivity index (χ0n) is 11.0. The molecule has 2 rings (SSSR count). The number of benzene rings is 2. The Labute approximate surface area is 122 Å². The summed E-state index contributed by atoms with van der Waals surface area (Å²) >= 11 is 3.50. The highest BCUT2D eigenvalue weighted by Gasteiger charge is 2.15. The van der Waals surface area contributed by atoms with Crippen LogP contribution in [0.2, 0.25) is 0 Å². The van der Waals surface area contributed by atoms with Crippen LogP contribution in [0.3, 0.4) is 0 Å². The van der Waals surface area contributed by atoms with Gasteiger partial charge in [-0.2, -0.15) is 0 Å². The molecule has 2 N–H and O–H groups in total. The molecule has 0 saturated carbocycles. The van der Waals surface area contributed by atoms with Gasteiger partial charge in [-0.3, -0.25) is 0 Å². The van der Waals surface area contributed by atoms with Crippen LogP contribution >= 0.6 is 15.9 Å². The van der Waals surface area contributed by atoms with E-state index in [1.165, 1.54) is 11.1 Å². The predicted octanol–water partition coefficient (Wildman–Crippen LogP) is 3.74. The standard InChI is InChI=1S/C16H18BrNO/c1-19-16-8-3-2-7-15(16)13(11-18)9-12-5-4-6-14(17)10-12/h2-8,10,13H,9,11,18H2,1H3. The van der Waals surface area contributed by atoms with E-state index >= 15 is 0 Å². The second kappa shape index (κ2) is 6.73. The fraction of sp³-hybridized carbons (Fsp3) is 0.250. The van der Waals surface area contributed by atoms with Crippen molar-refractivity contribution in [3.63, 3.8) is 0 Å². The highest BCUT2D eigenvalue weighted by atomic mass is 79.9. The molecule has 0 aromatic heterocycles. The first-order valence-corrected chi connectivity index (χ1v) is 7.11. The smallest absolute Gasteiger partial charge is 0.122 e. The maximum Gasteiger partial charge on any atom is 0.122 e. The van der Waals surface area contributed by atoms with Crippen LogP contribution in [0.4, 0.5) is 0 Å². The maximum atomic E-state index is 5.95. The van der Waals surface area contributed by atoms with Crippen LogP contribution in [0.1, 0.15) is 17.0 Å². The lowest BCUT2D eigenvalue weighted by molar-refractivity contribution is 0.405. The van der Waals surface area contributed by atoms with Gasteiger partial charge < -0.3 is 10.5 Å². The molecule has 0 bridgehead atoms. The predicted molar refractivity (Wildman–Crippen MR) is 82.6 cm³/mol. The van der Waals surface area contributed by atoms with Crippen LogP contribution < -0.4 is 10.5 Å². The lowest BCUT2D eigenvalue weighted by Crippen LogP contribution is -2.16. The van der Waals surface area contributed by atoms with E-state index in [1.54, 1.807) is 7.11 Å². The summed E-state index contributed by atoms with van der Waals surface area (Å²) in [6, 6.07) is 16.4. The van der Waals surface area contributed by atoms with Gasteiger partial charge in [-0.05, 0) is 42.3 Å². The average molecular weight is 320 g/mol. The Morgan fingerprint density at radius 3 is 2.63 bits per heavy atom. The van der Waals surface area contributed by atoms with Gasteiger partial charge in [0.15, 0.2) is 0 Å². The Morgan fingerprint density at radius 1 is 1.16 bits per heavy atom. The topological polar surface area (TPSA) is 35.2 Å². The number of para-hydroxylation sites is 1. The monoisotopic (exact) mass is 319 g/mol. The summed E-state index contributed by atoms with van der Waals surface area (Å²) in [6.07, 6.45) is 0.913. The van der Waals surface area contributed by atoms with Gasteiger partial charge >= 0.3 is 0 Å². The molecular weight excluding hydrogens is 302 g/mol. The van der Waals surface area contributed by atoms with Gasteiger partial charge in [0.25, 0.3) is 0 Å². The lowest BCUT2D eigenvalue weighted by Gasteiger charge is -2.18. The average Bonchev–Trinajstić information content (AvgIpc) is 2.45. The van der Waals surface area contributed by atoms with Crippen LogP contribution in [0, 0.1) is 0 Å². The molecule has 0 aliphatic heterocycles. The van der Waals surface area contributed by atoms with E-state index in [4.69, 9.17) is 10.5 Å². The maximum absolute atomic E-state index is 5.95. The lowest BCUT2D eigenvalue weighted by atomic mass is 9.91. The Morgan fingerprint density at radius 2 is 1.95 bits per heavy atom. The van der Waals surface area contributed by atoms with Gasteiger partial charge in [-0.1, -0.05) is 46.3 Å². The molecule has 0 spiro atoms. The number of hydrogen-bond donors (Lipinski definition) is 1. The van der Waals surface area contributed by atoms with Gasteiger partial charge in [0.05, 0.1) is 7.11 Å². The molecule has 19 heavy (non-hydrogen) atoms. The summed E-state index contributed by atoms with van der Waals surface area (Å²) < 4.78 is 6.52. The van der Waals surface area contributed by atoms with Gasteiger partial charge in [-0.25, -0.2) is 0 Å². The van der Waals surface area contributed by atoms with Crippen LogP contribution in [0.15, 0.2) is 53.0 Å². The molecule has 0 aliphatic rings. The van der Waals surface area contributed by atoms with Gasteiger partial charge in [0.1, 0.15) is 5.75 Å². The number of methoxy groups -OCH3 is 1. The molecule has 0 radical (unpaired) electrons. The van der Waals surface area contributed by atoms with Crippen LogP contribution in [0.25, 0.3) is 0 Å². The molecule has 0 fully saturated rings. The molecule has 0 amide bonds. The molecule has 1 atom stereocenters. The normalized spacial score (nSPS) is 12.2. The fourth-order valence-electron chi connectivity index (χ4n) is 2.27. The van der Waals surface area contributed by atoms with Crippen molar-refractivity contribution in [1.82, 2.24) is 0 Å². The highest BCUT2D eigenvalue weighted by Crippen LogP contribution is 2.29. The Kier molecular flexibility index (Phi) is 5.00. The molecule has 0 aliphatic carbocycles. The quantitative estimate of drug-likeness (QED) is 0.911. The molecule has 0 heterocycles. The summed E-state index contributed by atoms with van der Waals surface area (Å²) in [5.74, 6) is 1.18. The van der Waals surface area contributed by atoms with Crippen molar-refractivity contribution >= 4 is 15.9 Å².